The zero-order valence-corrected chi connectivity index (χ0v) is 30.4. The number of hydroxylamine groups is 3. The number of nitrogens with zero attached hydrogens (tertiary/aromatic N) is 3. The van der Waals surface area contributed by atoms with Crippen molar-refractivity contribution in [2.75, 3.05) is 57.7 Å². The number of carbonyl (C=O) groups is 2. The van der Waals surface area contributed by atoms with E-state index >= 15 is 0 Å². The second kappa shape index (κ2) is 16.3. The SMILES string of the molecule is CCC(=C(c1ccc(O)cc1)c1ccc(OCCN2CCN(CCNc3ccc4c(c3)C[N+]([O-])(C3CCC(=O)NC3=O)C4)CC2)cc1)c1ccccc1. The molecule has 2 atom stereocenters. The monoisotopic (exact) mass is 715 g/mol. The van der Waals surface area contributed by atoms with Gasteiger partial charge in [0, 0.05) is 75.5 Å². The zero-order chi connectivity index (χ0) is 36.8. The molecule has 2 unspecified atom stereocenters. The van der Waals surface area contributed by atoms with Crippen molar-refractivity contribution in [3.05, 3.63) is 130 Å². The summed E-state index contributed by atoms with van der Waals surface area (Å²) in [5.41, 5.74) is 8.72. The van der Waals surface area contributed by atoms with Gasteiger partial charge >= 0.3 is 0 Å². The predicted molar refractivity (Wildman–Crippen MR) is 208 cm³/mol. The molecule has 2 amide bonds. The molecule has 0 radical (unpaired) electrons. The van der Waals surface area contributed by atoms with Crippen molar-refractivity contribution in [2.24, 2.45) is 0 Å². The minimum absolute atomic E-state index is 0.220. The fraction of sp³-hybridized carbons (Fsp3) is 0.349. The lowest BCUT2D eigenvalue weighted by Crippen LogP contribution is -2.58. The van der Waals surface area contributed by atoms with Gasteiger partial charge in [-0.3, -0.25) is 24.7 Å². The Kier molecular flexibility index (Phi) is 11.2. The van der Waals surface area contributed by atoms with Gasteiger partial charge in [-0.1, -0.05) is 67.6 Å². The number of allylic oxidation sites excluding steroid dienone is 1. The van der Waals surface area contributed by atoms with Crippen LogP contribution in [-0.4, -0.2) is 89.8 Å². The fourth-order valence-electron chi connectivity index (χ4n) is 7.93. The number of phenols is 1. The summed E-state index contributed by atoms with van der Waals surface area (Å²) in [6, 6.07) is 31.6. The first-order valence-electron chi connectivity index (χ1n) is 18.8. The average Bonchev–Trinajstić information content (AvgIpc) is 3.51. The number of hydrogen-bond acceptors (Lipinski definition) is 8. The van der Waals surface area contributed by atoms with E-state index in [1.54, 1.807) is 12.1 Å². The van der Waals surface area contributed by atoms with Crippen molar-refractivity contribution >= 4 is 28.6 Å². The number of imide groups is 1. The Hall–Kier alpha value is -5.00. The van der Waals surface area contributed by atoms with E-state index in [-0.39, 0.29) is 31.2 Å². The van der Waals surface area contributed by atoms with Crippen LogP contribution in [0.3, 0.4) is 0 Å². The highest BCUT2D eigenvalue weighted by Gasteiger charge is 2.43. The van der Waals surface area contributed by atoms with E-state index < -0.39 is 16.6 Å². The van der Waals surface area contributed by atoms with E-state index in [0.717, 1.165) is 91.5 Å². The molecule has 3 aliphatic heterocycles. The molecule has 0 aromatic heterocycles. The van der Waals surface area contributed by atoms with E-state index in [4.69, 9.17) is 4.74 Å². The van der Waals surface area contributed by atoms with Gasteiger partial charge in [-0.05, 0) is 70.7 Å². The first-order valence-corrected chi connectivity index (χ1v) is 18.8. The Labute approximate surface area is 311 Å². The van der Waals surface area contributed by atoms with Gasteiger partial charge in [-0.25, -0.2) is 0 Å². The van der Waals surface area contributed by atoms with E-state index in [1.807, 2.05) is 36.4 Å². The Bertz CT molecular complexity index is 1920. The maximum absolute atomic E-state index is 13.6. The molecule has 53 heavy (non-hydrogen) atoms. The van der Waals surface area contributed by atoms with Crippen LogP contribution < -0.4 is 15.4 Å². The number of piperazine rings is 1. The van der Waals surface area contributed by atoms with Gasteiger partial charge in [0.15, 0.2) is 6.04 Å². The number of nitrogens with one attached hydrogen (secondary N) is 2. The lowest BCUT2D eigenvalue weighted by atomic mass is 9.88. The molecule has 0 aliphatic carbocycles. The van der Waals surface area contributed by atoms with Crippen LogP contribution in [0, 0.1) is 5.21 Å². The standard InChI is InChI=1S/C43H49N5O5/c1-2-39(31-6-4-3-5-7-31)42(32-9-14-37(49)15-10-32)33-11-16-38(17-12-33)53-27-26-47-24-22-46(23-25-47)21-20-44-36-13-8-34-29-48(52,30-35(34)28-36)40-18-19-41(50)45-43(40)51/h3-17,28,40,44,49H,2,18-27,29-30H2,1H3,(H,45,50,51). The quantitative estimate of drug-likeness (QED) is 0.0668. The highest BCUT2D eigenvalue weighted by Crippen LogP contribution is 2.37. The van der Waals surface area contributed by atoms with Crippen LogP contribution in [0.15, 0.2) is 97.1 Å². The smallest absolute Gasteiger partial charge is 0.285 e. The number of fused-ring (bicyclic) bond motifs is 1. The molecule has 0 bridgehead atoms. The van der Waals surface area contributed by atoms with E-state index in [1.165, 1.54) is 11.1 Å². The van der Waals surface area contributed by atoms with Gasteiger partial charge < -0.3 is 25.0 Å². The summed E-state index contributed by atoms with van der Waals surface area (Å²) in [5, 5.41) is 29.4. The van der Waals surface area contributed by atoms with Gasteiger partial charge in [0.05, 0.1) is 0 Å². The number of aromatic hydroxyl groups is 1. The second-order valence-corrected chi connectivity index (χ2v) is 14.3. The number of phenolic OH excluding ortho intramolecular Hbond substituents is 1. The minimum atomic E-state index is -0.734. The lowest BCUT2D eigenvalue weighted by Gasteiger charge is -2.45. The summed E-state index contributed by atoms with van der Waals surface area (Å²) < 4.78 is 5.58. The molecule has 10 heteroatoms. The summed E-state index contributed by atoms with van der Waals surface area (Å²) >= 11 is 0. The highest BCUT2D eigenvalue weighted by molar-refractivity contribution is 6.00. The molecule has 2 fully saturated rings. The van der Waals surface area contributed by atoms with Crippen molar-refractivity contribution < 1.29 is 24.1 Å². The zero-order valence-electron chi connectivity index (χ0n) is 30.4. The molecule has 3 N–H and O–H groups in total. The van der Waals surface area contributed by atoms with Crippen molar-refractivity contribution in [3.8, 4) is 11.5 Å². The number of hydrogen-bond donors (Lipinski definition) is 3. The van der Waals surface area contributed by atoms with Gasteiger partial charge in [-0.2, -0.15) is 0 Å². The summed E-state index contributed by atoms with van der Waals surface area (Å²) in [4.78, 5) is 28.9. The average molecular weight is 716 g/mol. The lowest BCUT2D eigenvalue weighted by molar-refractivity contribution is -0.916. The van der Waals surface area contributed by atoms with Crippen LogP contribution in [-0.2, 0) is 22.7 Å². The third-order valence-corrected chi connectivity index (χ3v) is 10.8. The number of benzene rings is 4. The number of rotatable bonds is 13. The van der Waals surface area contributed by atoms with Crippen LogP contribution >= 0.6 is 0 Å². The van der Waals surface area contributed by atoms with Crippen molar-refractivity contribution in [2.45, 2.75) is 45.3 Å². The number of amides is 2. The molecular weight excluding hydrogens is 667 g/mol. The molecule has 276 valence electrons. The van der Waals surface area contributed by atoms with Crippen molar-refractivity contribution in [1.82, 2.24) is 15.1 Å². The Morgan fingerprint density at radius 1 is 0.849 bits per heavy atom. The number of piperidine rings is 1. The molecule has 3 aliphatic rings. The summed E-state index contributed by atoms with van der Waals surface area (Å²) in [6.07, 6.45) is 1.40. The molecule has 0 spiro atoms. The molecule has 10 nitrogen and oxygen atoms in total. The van der Waals surface area contributed by atoms with Crippen LogP contribution in [0.25, 0.3) is 11.1 Å². The van der Waals surface area contributed by atoms with Crippen LogP contribution in [0.1, 0.15) is 54.0 Å². The maximum Gasteiger partial charge on any atom is 0.285 e. The summed E-state index contributed by atoms with van der Waals surface area (Å²) in [7, 11) is 0. The summed E-state index contributed by atoms with van der Waals surface area (Å²) in [6.45, 7) is 9.89. The molecule has 3 heterocycles. The van der Waals surface area contributed by atoms with Gasteiger partial charge in [0.2, 0.25) is 5.91 Å². The van der Waals surface area contributed by atoms with Crippen LogP contribution in [0.5, 0.6) is 11.5 Å². The third kappa shape index (κ3) is 8.63. The maximum atomic E-state index is 13.6. The topological polar surface area (TPSA) is 117 Å². The van der Waals surface area contributed by atoms with Gasteiger partial charge in [-0.15, -0.1) is 0 Å². The Morgan fingerprint density at radius 3 is 2.19 bits per heavy atom. The normalized spacial score (nSPS) is 21.1. The first kappa shape index (κ1) is 36.4. The van der Waals surface area contributed by atoms with Crippen LogP contribution in [0.4, 0.5) is 5.69 Å². The third-order valence-electron chi connectivity index (χ3n) is 10.8. The molecular formula is C43H49N5O5. The van der Waals surface area contributed by atoms with Gasteiger partial charge in [0.25, 0.3) is 5.91 Å². The number of anilines is 1. The summed E-state index contributed by atoms with van der Waals surface area (Å²) in [5.74, 6) is 0.364. The van der Waals surface area contributed by atoms with E-state index in [0.29, 0.717) is 13.0 Å². The highest BCUT2D eigenvalue weighted by atomic mass is 16.5. The minimum Gasteiger partial charge on any atom is -0.632 e. The van der Waals surface area contributed by atoms with E-state index in [9.17, 15) is 19.9 Å². The number of carbonyl (C=O) groups excluding carboxylic acids is 2. The first-order chi connectivity index (χ1) is 25.8. The molecule has 0 saturated carbocycles. The predicted octanol–water partition coefficient (Wildman–Crippen LogP) is 6.00. The molecule has 4 aromatic carbocycles. The van der Waals surface area contributed by atoms with Crippen molar-refractivity contribution in [1.29, 1.82) is 0 Å². The molecule has 4 aromatic rings. The Morgan fingerprint density at radius 2 is 1.51 bits per heavy atom. The van der Waals surface area contributed by atoms with Crippen LogP contribution in [0.2, 0.25) is 0 Å². The largest absolute Gasteiger partial charge is 0.632 e. The second-order valence-electron chi connectivity index (χ2n) is 14.3. The number of quaternary nitrogens is 1. The van der Waals surface area contributed by atoms with Crippen molar-refractivity contribution in [3.63, 3.8) is 0 Å². The fourth-order valence-corrected chi connectivity index (χ4v) is 7.93. The Balaban J connectivity index is 0.856. The number of ether oxygens (including phenoxy) is 1. The van der Waals surface area contributed by atoms with Gasteiger partial charge in [0.1, 0.15) is 31.2 Å². The van der Waals surface area contributed by atoms with E-state index in [2.05, 4.69) is 75.9 Å². The molecule has 2 saturated heterocycles. The molecule has 7 rings (SSSR count).